The number of pyridine rings is 1. The zero-order valence-corrected chi connectivity index (χ0v) is 10.2. The second-order valence-electron chi connectivity index (χ2n) is 3.28. The lowest BCUT2D eigenvalue weighted by molar-refractivity contribution is -0.389. The summed E-state index contributed by atoms with van der Waals surface area (Å²) >= 11 is 1.75. The number of aliphatic hydroxyl groups excluding tert-OH is 1. The highest BCUT2D eigenvalue weighted by Gasteiger charge is 2.05. The average Bonchev–Trinajstić information content (AvgIpc) is 2.34. The molecule has 0 atom stereocenters. The van der Waals surface area contributed by atoms with Crippen LogP contribution in [0, 0.1) is 10.1 Å². The molecule has 0 saturated carbocycles. The predicted octanol–water partition coefficient (Wildman–Crippen LogP) is 1.52. The van der Waals surface area contributed by atoms with Gasteiger partial charge in [0.25, 0.3) is 0 Å². The van der Waals surface area contributed by atoms with Gasteiger partial charge in [-0.2, -0.15) is 11.8 Å². The van der Waals surface area contributed by atoms with Crippen molar-refractivity contribution in [3.05, 3.63) is 28.4 Å². The van der Waals surface area contributed by atoms with Gasteiger partial charge in [0.15, 0.2) is 6.20 Å². The minimum absolute atomic E-state index is 0.145. The summed E-state index contributed by atoms with van der Waals surface area (Å²) in [6, 6.07) is 3.02. The molecule has 6 nitrogen and oxygen atoms in total. The van der Waals surface area contributed by atoms with Crippen molar-refractivity contribution in [2.45, 2.75) is 6.42 Å². The van der Waals surface area contributed by atoms with Crippen LogP contribution < -0.4 is 5.32 Å². The SMILES string of the molecule is O=[N+]([O-])c1ccc(NCCSCCCO)cn1. The third kappa shape index (κ3) is 5.50. The van der Waals surface area contributed by atoms with Crippen LogP contribution in [0.4, 0.5) is 11.5 Å². The molecule has 1 heterocycles. The van der Waals surface area contributed by atoms with E-state index in [-0.39, 0.29) is 12.4 Å². The van der Waals surface area contributed by atoms with Crippen molar-refractivity contribution in [3.8, 4) is 0 Å². The Morgan fingerprint density at radius 1 is 1.47 bits per heavy atom. The standard InChI is InChI=1S/C10H15N3O3S/c14-5-1-6-17-7-4-11-9-2-3-10(12-8-9)13(15)16/h2-3,8,11,14H,1,4-7H2. The highest BCUT2D eigenvalue weighted by atomic mass is 32.2. The lowest BCUT2D eigenvalue weighted by atomic mass is 10.4. The van der Waals surface area contributed by atoms with Gasteiger partial charge in [-0.3, -0.25) is 0 Å². The van der Waals surface area contributed by atoms with Crippen LogP contribution in [-0.2, 0) is 0 Å². The van der Waals surface area contributed by atoms with Crippen LogP contribution in [0.15, 0.2) is 18.3 Å². The summed E-state index contributed by atoms with van der Waals surface area (Å²) in [7, 11) is 0. The van der Waals surface area contributed by atoms with E-state index in [4.69, 9.17) is 5.11 Å². The van der Waals surface area contributed by atoms with Crippen LogP contribution in [0.5, 0.6) is 0 Å². The molecule has 0 aromatic carbocycles. The molecular formula is C10H15N3O3S. The van der Waals surface area contributed by atoms with Crippen molar-refractivity contribution >= 4 is 23.3 Å². The molecule has 0 unspecified atom stereocenters. The number of hydrogen-bond acceptors (Lipinski definition) is 6. The number of anilines is 1. The second-order valence-corrected chi connectivity index (χ2v) is 4.50. The molecule has 0 aliphatic carbocycles. The van der Waals surface area contributed by atoms with Gasteiger partial charge in [-0.25, -0.2) is 0 Å². The third-order valence-corrected chi connectivity index (χ3v) is 3.03. The highest BCUT2D eigenvalue weighted by molar-refractivity contribution is 7.99. The first-order chi connectivity index (χ1) is 8.24. The summed E-state index contributed by atoms with van der Waals surface area (Å²) in [6.07, 6.45) is 2.26. The molecule has 0 fully saturated rings. The summed E-state index contributed by atoms with van der Waals surface area (Å²) in [5, 5.41) is 22.1. The van der Waals surface area contributed by atoms with Crippen LogP contribution in [-0.4, -0.2) is 39.7 Å². The van der Waals surface area contributed by atoms with Gasteiger partial charge in [-0.05, 0) is 28.1 Å². The van der Waals surface area contributed by atoms with Gasteiger partial charge in [0.2, 0.25) is 0 Å². The smallest absolute Gasteiger partial charge is 0.363 e. The Balaban J connectivity index is 2.21. The first kappa shape index (κ1) is 13.7. The molecule has 0 spiro atoms. The van der Waals surface area contributed by atoms with E-state index in [1.807, 2.05) is 0 Å². The number of nitrogens with zero attached hydrogens (tertiary/aromatic N) is 2. The minimum Gasteiger partial charge on any atom is -0.396 e. The fourth-order valence-electron chi connectivity index (χ4n) is 1.13. The van der Waals surface area contributed by atoms with Crippen molar-refractivity contribution in [1.29, 1.82) is 0 Å². The van der Waals surface area contributed by atoms with Gasteiger partial charge >= 0.3 is 5.82 Å². The number of nitrogens with one attached hydrogen (secondary N) is 1. The maximum Gasteiger partial charge on any atom is 0.363 e. The number of rotatable bonds is 8. The molecular weight excluding hydrogens is 242 g/mol. The van der Waals surface area contributed by atoms with Gasteiger partial charge in [-0.1, -0.05) is 0 Å². The lowest BCUT2D eigenvalue weighted by Gasteiger charge is -2.04. The maximum atomic E-state index is 10.4. The second kappa shape index (κ2) is 7.86. The summed E-state index contributed by atoms with van der Waals surface area (Å²) in [5.74, 6) is 1.72. The third-order valence-electron chi connectivity index (χ3n) is 1.96. The molecule has 1 aromatic heterocycles. The molecule has 7 heteroatoms. The van der Waals surface area contributed by atoms with Gasteiger partial charge in [0.1, 0.15) is 0 Å². The molecule has 0 aliphatic heterocycles. The quantitative estimate of drug-likeness (QED) is 0.417. The number of hydrogen-bond donors (Lipinski definition) is 2. The van der Waals surface area contributed by atoms with Gasteiger partial charge in [-0.15, -0.1) is 0 Å². The summed E-state index contributed by atoms with van der Waals surface area (Å²) in [6.45, 7) is 1.00. The fraction of sp³-hybridized carbons (Fsp3) is 0.500. The molecule has 1 rings (SSSR count). The molecule has 17 heavy (non-hydrogen) atoms. The molecule has 0 saturated heterocycles. The van der Waals surface area contributed by atoms with Crippen LogP contribution in [0.25, 0.3) is 0 Å². The monoisotopic (exact) mass is 257 g/mol. The first-order valence-electron chi connectivity index (χ1n) is 5.27. The number of aliphatic hydroxyl groups is 1. The first-order valence-corrected chi connectivity index (χ1v) is 6.42. The van der Waals surface area contributed by atoms with Crippen molar-refractivity contribution in [3.63, 3.8) is 0 Å². The number of aromatic nitrogens is 1. The van der Waals surface area contributed by atoms with E-state index in [0.29, 0.717) is 0 Å². The van der Waals surface area contributed by atoms with Gasteiger partial charge in [0, 0.05) is 25.0 Å². The minimum atomic E-state index is -0.519. The Morgan fingerprint density at radius 3 is 2.88 bits per heavy atom. The molecule has 0 bridgehead atoms. The average molecular weight is 257 g/mol. The molecule has 0 aliphatic rings. The van der Waals surface area contributed by atoms with Crippen molar-refractivity contribution in [2.24, 2.45) is 0 Å². The molecule has 0 radical (unpaired) electrons. The zero-order chi connectivity index (χ0) is 12.5. The number of thioether (sulfide) groups is 1. The largest absolute Gasteiger partial charge is 0.396 e. The van der Waals surface area contributed by atoms with E-state index in [1.54, 1.807) is 17.8 Å². The van der Waals surface area contributed by atoms with E-state index < -0.39 is 4.92 Å². The fourth-order valence-corrected chi connectivity index (χ4v) is 1.92. The van der Waals surface area contributed by atoms with E-state index in [9.17, 15) is 10.1 Å². The Hall–Kier alpha value is -1.34. The normalized spacial score (nSPS) is 10.2. The van der Waals surface area contributed by atoms with Crippen LogP contribution >= 0.6 is 11.8 Å². The van der Waals surface area contributed by atoms with Crippen molar-refractivity contribution in [1.82, 2.24) is 4.98 Å². The molecule has 2 N–H and O–H groups in total. The Kier molecular flexibility index (Phi) is 6.34. The van der Waals surface area contributed by atoms with E-state index in [2.05, 4.69) is 10.3 Å². The Morgan fingerprint density at radius 2 is 2.29 bits per heavy atom. The van der Waals surface area contributed by atoms with Crippen LogP contribution in [0.2, 0.25) is 0 Å². The highest BCUT2D eigenvalue weighted by Crippen LogP contribution is 2.11. The topological polar surface area (TPSA) is 88.3 Å². The molecule has 94 valence electrons. The van der Waals surface area contributed by atoms with E-state index in [0.717, 1.165) is 30.2 Å². The predicted molar refractivity (Wildman–Crippen MR) is 68.4 cm³/mol. The Bertz CT molecular complexity index is 345. The summed E-state index contributed by atoms with van der Waals surface area (Å²) in [5.41, 5.74) is 0.776. The Labute approximate surface area is 104 Å². The van der Waals surface area contributed by atoms with Gasteiger partial charge in [0.05, 0.1) is 5.69 Å². The van der Waals surface area contributed by atoms with Crippen molar-refractivity contribution in [2.75, 3.05) is 30.0 Å². The van der Waals surface area contributed by atoms with Crippen LogP contribution in [0.3, 0.4) is 0 Å². The molecule has 0 amide bonds. The molecule has 1 aromatic rings. The zero-order valence-electron chi connectivity index (χ0n) is 9.33. The van der Waals surface area contributed by atoms with Gasteiger partial charge < -0.3 is 20.5 Å². The lowest BCUT2D eigenvalue weighted by Crippen LogP contribution is -2.05. The summed E-state index contributed by atoms with van der Waals surface area (Å²) < 4.78 is 0. The maximum absolute atomic E-state index is 10.4. The van der Waals surface area contributed by atoms with E-state index in [1.165, 1.54) is 12.3 Å². The van der Waals surface area contributed by atoms with Crippen LogP contribution in [0.1, 0.15) is 6.42 Å². The van der Waals surface area contributed by atoms with E-state index >= 15 is 0 Å². The number of nitro groups is 1. The van der Waals surface area contributed by atoms with Crippen molar-refractivity contribution < 1.29 is 10.0 Å². The summed E-state index contributed by atoms with van der Waals surface area (Å²) in [4.78, 5) is 13.6.